The number of nitro benzene ring substituents is 1. The number of halogens is 1. The van der Waals surface area contributed by atoms with Crippen LogP contribution in [0.1, 0.15) is 26.7 Å². The molecule has 22 heavy (non-hydrogen) atoms. The minimum Gasteiger partial charge on any atom is -0.484 e. The molecule has 1 aromatic carbocycles. The number of hydrogen-bond acceptors (Lipinski definition) is 5. The summed E-state index contributed by atoms with van der Waals surface area (Å²) >= 11 is 6.38. The summed E-state index contributed by atoms with van der Waals surface area (Å²) in [6, 6.07) is 4.40. The zero-order chi connectivity index (χ0) is 16.5. The highest BCUT2D eigenvalue weighted by Crippen LogP contribution is 2.41. The number of benzene rings is 1. The van der Waals surface area contributed by atoms with E-state index in [2.05, 4.69) is 0 Å². The predicted molar refractivity (Wildman–Crippen MR) is 83.2 cm³/mol. The third kappa shape index (κ3) is 3.59. The SMILES string of the molecule is CC1(C)CN(C(Cl)CCC(N)=O)c2cc([N+](=O)[O-])ccc2O1. The maximum atomic E-state index is 11.0. The van der Waals surface area contributed by atoms with Gasteiger partial charge in [-0.15, -0.1) is 0 Å². The van der Waals surface area contributed by atoms with Gasteiger partial charge in [0.15, 0.2) is 0 Å². The van der Waals surface area contributed by atoms with Crippen LogP contribution in [0.5, 0.6) is 5.75 Å². The van der Waals surface area contributed by atoms with Gasteiger partial charge in [-0.3, -0.25) is 14.9 Å². The zero-order valence-electron chi connectivity index (χ0n) is 12.4. The van der Waals surface area contributed by atoms with Gasteiger partial charge in [-0.25, -0.2) is 0 Å². The van der Waals surface area contributed by atoms with Gasteiger partial charge in [0.05, 0.1) is 17.2 Å². The molecule has 0 radical (unpaired) electrons. The molecule has 0 bridgehead atoms. The molecule has 1 aliphatic rings. The Morgan fingerprint density at radius 1 is 1.59 bits per heavy atom. The summed E-state index contributed by atoms with van der Waals surface area (Å²) in [4.78, 5) is 23.2. The lowest BCUT2D eigenvalue weighted by molar-refractivity contribution is -0.384. The third-order valence-corrected chi connectivity index (χ3v) is 3.82. The Morgan fingerprint density at radius 3 is 2.86 bits per heavy atom. The highest BCUT2D eigenvalue weighted by atomic mass is 35.5. The molecule has 0 aromatic heterocycles. The molecule has 1 unspecified atom stereocenters. The van der Waals surface area contributed by atoms with Crippen LogP contribution in [0.25, 0.3) is 0 Å². The first kappa shape index (κ1) is 16.4. The molecule has 8 heteroatoms. The van der Waals surface area contributed by atoms with E-state index in [1.807, 2.05) is 18.7 Å². The Bertz CT molecular complexity index is 606. The summed E-state index contributed by atoms with van der Waals surface area (Å²) < 4.78 is 5.85. The molecule has 0 fully saturated rings. The molecule has 2 rings (SSSR count). The number of carbonyl (C=O) groups excluding carboxylic acids is 1. The van der Waals surface area contributed by atoms with E-state index in [0.29, 0.717) is 24.4 Å². The second-order valence-electron chi connectivity index (χ2n) is 5.84. The third-order valence-electron chi connectivity index (χ3n) is 3.37. The van der Waals surface area contributed by atoms with Crippen molar-refractivity contribution in [1.82, 2.24) is 0 Å². The molecule has 2 N–H and O–H groups in total. The van der Waals surface area contributed by atoms with Crippen LogP contribution in [0.15, 0.2) is 18.2 Å². The molecule has 1 aromatic rings. The van der Waals surface area contributed by atoms with Crippen LogP contribution in [-0.4, -0.2) is 28.5 Å². The van der Waals surface area contributed by atoms with Crippen LogP contribution < -0.4 is 15.4 Å². The lowest BCUT2D eigenvalue weighted by atomic mass is 10.0. The van der Waals surface area contributed by atoms with Gasteiger partial charge < -0.3 is 15.4 Å². The lowest BCUT2D eigenvalue weighted by Crippen LogP contribution is -2.49. The summed E-state index contributed by atoms with van der Waals surface area (Å²) in [5, 5.41) is 11.0. The molecule has 7 nitrogen and oxygen atoms in total. The summed E-state index contributed by atoms with van der Waals surface area (Å²) in [6.07, 6.45) is 0.505. The van der Waals surface area contributed by atoms with Gasteiger partial charge in [-0.05, 0) is 26.3 Å². The Labute approximate surface area is 133 Å². The highest BCUT2D eigenvalue weighted by Gasteiger charge is 2.35. The maximum absolute atomic E-state index is 11.0. The molecule has 1 atom stereocenters. The summed E-state index contributed by atoms with van der Waals surface area (Å²) in [5.74, 6) is 0.101. The first-order valence-electron chi connectivity index (χ1n) is 6.86. The number of nitro groups is 1. The molecule has 1 heterocycles. The van der Waals surface area contributed by atoms with Crippen molar-refractivity contribution in [1.29, 1.82) is 0 Å². The van der Waals surface area contributed by atoms with Crippen LogP contribution in [0, 0.1) is 10.1 Å². The minimum absolute atomic E-state index is 0.0363. The fourth-order valence-electron chi connectivity index (χ4n) is 2.42. The first-order chi connectivity index (χ1) is 10.2. The number of nitrogens with two attached hydrogens (primary N) is 1. The van der Waals surface area contributed by atoms with Crippen LogP contribution in [0.2, 0.25) is 0 Å². The van der Waals surface area contributed by atoms with E-state index < -0.39 is 21.9 Å². The van der Waals surface area contributed by atoms with Gasteiger partial charge in [-0.1, -0.05) is 11.6 Å². The fourth-order valence-corrected chi connectivity index (χ4v) is 2.71. The van der Waals surface area contributed by atoms with Crippen LogP contribution in [0.4, 0.5) is 11.4 Å². The molecular weight excluding hydrogens is 310 g/mol. The number of fused-ring (bicyclic) bond motifs is 1. The topological polar surface area (TPSA) is 98.7 Å². The van der Waals surface area contributed by atoms with E-state index in [9.17, 15) is 14.9 Å². The van der Waals surface area contributed by atoms with Crippen molar-refractivity contribution >= 4 is 28.9 Å². The monoisotopic (exact) mass is 327 g/mol. The van der Waals surface area contributed by atoms with Crippen molar-refractivity contribution < 1.29 is 14.5 Å². The van der Waals surface area contributed by atoms with E-state index >= 15 is 0 Å². The minimum atomic E-state index is -0.503. The van der Waals surface area contributed by atoms with Gasteiger partial charge in [0.25, 0.3) is 5.69 Å². The van der Waals surface area contributed by atoms with Crippen molar-refractivity contribution in [3.63, 3.8) is 0 Å². The smallest absolute Gasteiger partial charge is 0.271 e. The van der Waals surface area contributed by atoms with E-state index in [4.69, 9.17) is 22.1 Å². The van der Waals surface area contributed by atoms with Gasteiger partial charge in [0, 0.05) is 18.6 Å². The van der Waals surface area contributed by atoms with E-state index in [1.165, 1.54) is 12.1 Å². The lowest BCUT2D eigenvalue weighted by Gasteiger charge is -2.42. The number of alkyl halides is 1. The molecule has 120 valence electrons. The Balaban J connectivity index is 2.35. The Morgan fingerprint density at radius 2 is 2.27 bits per heavy atom. The van der Waals surface area contributed by atoms with Crippen molar-refractivity contribution in [2.24, 2.45) is 5.73 Å². The number of rotatable bonds is 5. The van der Waals surface area contributed by atoms with Crippen molar-refractivity contribution in [3.8, 4) is 5.75 Å². The second-order valence-corrected chi connectivity index (χ2v) is 6.34. The molecular formula is C14H18ClN3O4. The average Bonchev–Trinajstić information content (AvgIpc) is 2.42. The first-order valence-corrected chi connectivity index (χ1v) is 7.30. The van der Waals surface area contributed by atoms with Crippen LogP contribution in [0.3, 0.4) is 0 Å². The molecule has 1 amide bonds. The van der Waals surface area contributed by atoms with Crippen molar-refractivity contribution in [3.05, 3.63) is 28.3 Å². The maximum Gasteiger partial charge on any atom is 0.271 e. The number of anilines is 1. The summed E-state index contributed by atoms with van der Waals surface area (Å²) in [6.45, 7) is 4.26. The number of amides is 1. The standard InChI is InChI=1S/C14H18ClN3O4/c1-14(2)8-17(12(15)5-6-13(16)19)10-7-9(18(20)21)3-4-11(10)22-14/h3-4,7,12H,5-6,8H2,1-2H3,(H2,16,19). The number of primary amides is 1. The summed E-state index contributed by atoms with van der Waals surface area (Å²) in [7, 11) is 0. The zero-order valence-corrected chi connectivity index (χ0v) is 13.2. The number of ether oxygens (including phenoxy) is 1. The largest absolute Gasteiger partial charge is 0.484 e. The number of carbonyl (C=O) groups is 1. The second kappa shape index (κ2) is 6.00. The number of hydrogen-bond donors (Lipinski definition) is 1. The van der Waals surface area contributed by atoms with Crippen LogP contribution >= 0.6 is 11.6 Å². The average molecular weight is 328 g/mol. The highest BCUT2D eigenvalue weighted by molar-refractivity contribution is 6.22. The van der Waals surface area contributed by atoms with Crippen molar-refractivity contribution in [2.75, 3.05) is 11.4 Å². The van der Waals surface area contributed by atoms with Gasteiger partial charge in [0.2, 0.25) is 5.91 Å². The van der Waals surface area contributed by atoms with Crippen molar-refractivity contribution in [2.45, 2.75) is 37.8 Å². The van der Waals surface area contributed by atoms with E-state index in [0.717, 1.165) is 0 Å². The van der Waals surface area contributed by atoms with E-state index in [1.54, 1.807) is 6.07 Å². The molecule has 0 saturated heterocycles. The van der Waals surface area contributed by atoms with Gasteiger partial charge in [-0.2, -0.15) is 0 Å². The summed E-state index contributed by atoms with van der Waals surface area (Å²) in [5.41, 5.74) is 4.67. The fraction of sp³-hybridized carbons (Fsp3) is 0.500. The number of nitrogens with zero attached hydrogens (tertiary/aromatic N) is 2. The Kier molecular flexibility index (Phi) is 4.46. The molecule has 0 saturated carbocycles. The molecule has 1 aliphatic heterocycles. The van der Waals surface area contributed by atoms with E-state index in [-0.39, 0.29) is 12.1 Å². The molecule has 0 aliphatic carbocycles. The number of non-ortho nitro benzene ring substituents is 1. The van der Waals surface area contributed by atoms with Crippen LogP contribution in [-0.2, 0) is 4.79 Å². The predicted octanol–water partition coefficient (Wildman–Crippen LogP) is 2.40. The Hall–Kier alpha value is -2.02. The van der Waals surface area contributed by atoms with Gasteiger partial charge >= 0.3 is 0 Å². The normalized spacial score (nSPS) is 17.3. The van der Waals surface area contributed by atoms with Gasteiger partial charge in [0.1, 0.15) is 16.9 Å². The molecule has 0 spiro atoms. The quantitative estimate of drug-likeness (QED) is 0.387.